The number of aromatic nitrogens is 3. The van der Waals surface area contributed by atoms with Gasteiger partial charge in [0.05, 0.1) is 5.56 Å². The maximum Gasteiger partial charge on any atom is 0.259 e. The molecule has 1 fully saturated rings. The summed E-state index contributed by atoms with van der Waals surface area (Å²) in [6.07, 6.45) is 5.14. The van der Waals surface area contributed by atoms with Gasteiger partial charge in [0.15, 0.2) is 5.82 Å². The second kappa shape index (κ2) is 3.59. The van der Waals surface area contributed by atoms with Crippen LogP contribution in [0.4, 0.5) is 5.82 Å². The minimum absolute atomic E-state index is 0.487. The van der Waals surface area contributed by atoms with E-state index in [1.54, 1.807) is 12.3 Å². The Morgan fingerprint density at radius 2 is 2.25 bits per heavy atom. The second-order valence-electron chi connectivity index (χ2n) is 4.13. The molecule has 2 N–H and O–H groups in total. The number of nitrogen functional groups attached to an aromatic ring is 1. The zero-order chi connectivity index (χ0) is 11.0. The van der Waals surface area contributed by atoms with E-state index < -0.39 is 0 Å². The highest BCUT2D eigenvalue weighted by molar-refractivity contribution is 5.53. The van der Waals surface area contributed by atoms with Gasteiger partial charge >= 0.3 is 0 Å². The molecule has 1 saturated carbocycles. The van der Waals surface area contributed by atoms with E-state index in [2.05, 4.69) is 15.1 Å². The van der Waals surface area contributed by atoms with Crippen molar-refractivity contribution in [1.29, 1.82) is 0 Å². The molecule has 0 aliphatic heterocycles. The lowest BCUT2D eigenvalue weighted by Crippen LogP contribution is -1.90. The first-order chi connectivity index (χ1) is 7.81. The van der Waals surface area contributed by atoms with E-state index in [1.807, 2.05) is 6.07 Å². The maximum absolute atomic E-state index is 5.51. The molecule has 0 radical (unpaired) electrons. The van der Waals surface area contributed by atoms with Gasteiger partial charge < -0.3 is 10.3 Å². The van der Waals surface area contributed by atoms with Crippen molar-refractivity contribution in [2.24, 2.45) is 5.92 Å². The van der Waals surface area contributed by atoms with Gasteiger partial charge in [0.25, 0.3) is 5.89 Å². The van der Waals surface area contributed by atoms with Crippen molar-refractivity contribution < 1.29 is 4.52 Å². The second-order valence-corrected chi connectivity index (χ2v) is 4.13. The summed E-state index contributed by atoms with van der Waals surface area (Å²) >= 11 is 0. The molecule has 0 unspecified atom stereocenters. The van der Waals surface area contributed by atoms with Crippen molar-refractivity contribution in [3.63, 3.8) is 0 Å². The molecule has 3 rings (SSSR count). The molecule has 0 bridgehead atoms. The lowest BCUT2D eigenvalue weighted by Gasteiger charge is -1.93. The van der Waals surface area contributed by atoms with Gasteiger partial charge in [-0.05, 0) is 30.9 Å². The summed E-state index contributed by atoms with van der Waals surface area (Å²) in [6, 6.07) is 3.55. The van der Waals surface area contributed by atoms with E-state index >= 15 is 0 Å². The molecule has 2 heterocycles. The monoisotopic (exact) mass is 216 g/mol. The first-order valence-corrected chi connectivity index (χ1v) is 5.36. The Hall–Kier alpha value is -1.91. The van der Waals surface area contributed by atoms with Crippen molar-refractivity contribution >= 4 is 5.82 Å². The molecule has 1 aliphatic carbocycles. The summed E-state index contributed by atoms with van der Waals surface area (Å²) in [5.41, 5.74) is 6.32. The smallest absolute Gasteiger partial charge is 0.259 e. The summed E-state index contributed by atoms with van der Waals surface area (Å²) in [6.45, 7) is 0. The molecular formula is C11H12N4O. The number of rotatable bonds is 3. The summed E-state index contributed by atoms with van der Waals surface area (Å²) in [5.74, 6) is 2.55. The van der Waals surface area contributed by atoms with E-state index in [4.69, 9.17) is 10.3 Å². The van der Waals surface area contributed by atoms with Crippen molar-refractivity contribution in [2.45, 2.75) is 19.3 Å². The molecule has 0 saturated heterocycles. The highest BCUT2D eigenvalue weighted by atomic mass is 16.5. The van der Waals surface area contributed by atoms with Gasteiger partial charge in [0.1, 0.15) is 5.82 Å². The maximum atomic E-state index is 5.51. The van der Waals surface area contributed by atoms with Gasteiger partial charge in [-0.3, -0.25) is 0 Å². The van der Waals surface area contributed by atoms with E-state index in [-0.39, 0.29) is 0 Å². The average molecular weight is 216 g/mol. The number of hydrogen-bond donors (Lipinski definition) is 1. The molecule has 0 spiro atoms. The third-order valence-corrected chi connectivity index (χ3v) is 2.67. The lowest BCUT2D eigenvalue weighted by molar-refractivity contribution is 0.421. The van der Waals surface area contributed by atoms with Gasteiger partial charge in [-0.1, -0.05) is 5.16 Å². The van der Waals surface area contributed by atoms with Gasteiger partial charge in [0.2, 0.25) is 0 Å². The van der Waals surface area contributed by atoms with Crippen molar-refractivity contribution in [3.05, 3.63) is 24.2 Å². The molecule has 2 aromatic heterocycles. The molecule has 1 aliphatic rings. The molecule has 0 amide bonds. The number of anilines is 1. The van der Waals surface area contributed by atoms with Gasteiger partial charge in [-0.25, -0.2) is 4.98 Å². The predicted octanol–water partition coefficient (Wildman–Crippen LogP) is 1.67. The predicted molar refractivity (Wildman–Crippen MR) is 58.4 cm³/mol. The Kier molecular flexibility index (Phi) is 2.09. The van der Waals surface area contributed by atoms with Gasteiger partial charge in [0, 0.05) is 12.6 Å². The minimum Gasteiger partial charge on any atom is -0.384 e. The molecule has 5 heteroatoms. The third kappa shape index (κ3) is 1.88. The fourth-order valence-corrected chi connectivity index (χ4v) is 1.57. The van der Waals surface area contributed by atoms with Crippen LogP contribution in [0.15, 0.2) is 22.9 Å². The fraction of sp³-hybridized carbons (Fsp3) is 0.364. The first-order valence-electron chi connectivity index (χ1n) is 5.36. The zero-order valence-corrected chi connectivity index (χ0v) is 8.76. The minimum atomic E-state index is 0.487. The van der Waals surface area contributed by atoms with Crippen LogP contribution in [-0.4, -0.2) is 15.1 Å². The van der Waals surface area contributed by atoms with Crippen LogP contribution >= 0.6 is 0 Å². The number of hydrogen-bond acceptors (Lipinski definition) is 5. The molecule has 0 aromatic carbocycles. The van der Waals surface area contributed by atoms with Crippen LogP contribution in [0.1, 0.15) is 18.7 Å². The standard InChI is InChI=1S/C11H12N4O/c12-9-4-3-8(6-13-9)11-14-10(15-16-11)5-7-1-2-7/h3-4,6-7H,1-2,5H2,(H2,12,13). The van der Waals surface area contributed by atoms with Gasteiger partial charge in [-0.15, -0.1) is 0 Å². The molecular weight excluding hydrogens is 204 g/mol. The third-order valence-electron chi connectivity index (χ3n) is 2.67. The molecule has 2 aromatic rings. The largest absolute Gasteiger partial charge is 0.384 e. The van der Waals surface area contributed by atoms with Crippen LogP contribution in [-0.2, 0) is 6.42 Å². The van der Waals surface area contributed by atoms with Crippen LogP contribution in [0.2, 0.25) is 0 Å². The van der Waals surface area contributed by atoms with Gasteiger partial charge in [-0.2, -0.15) is 4.98 Å². The molecule has 82 valence electrons. The Balaban J connectivity index is 1.82. The average Bonchev–Trinajstić information content (AvgIpc) is 2.97. The van der Waals surface area contributed by atoms with Crippen LogP contribution in [0, 0.1) is 5.92 Å². The summed E-state index contributed by atoms with van der Waals surface area (Å²) in [4.78, 5) is 8.32. The first kappa shape index (κ1) is 9.33. The van der Waals surface area contributed by atoms with Crippen molar-refractivity contribution in [2.75, 3.05) is 5.73 Å². The highest BCUT2D eigenvalue weighted by Crippen LogP contribution is 2.32. The van der Waals surface area contributed by atoms with E-state index in [1.165, 1.54) is 12.8 Å². The van der Waals surface area contributed by atoms with E-state index in [0.717, 1.165) is 23.7 Å². The number of pyridine rings is 1. The normalized spacial score (nSPS) is 15.2. The Labute approximate surface area is 92.7 Å². The zero-order valence-electron chi connectivity index (χ0n) is 8.76. The Morgan fingerprint density at radius 3 is 2.94 bits per heavy atom. The lowest BCUT2D eigenvalue weighted by atomic mass is 10.2. The Morgan fingerprint density at radius 1 is 1.38 bits per heavy atom. The Bertz CT molecular complexity index is 487. The number of nitrogens with zero attached hydrogens (tertiary/aromatic N) is 3. The number of nitrogens with two attached hydrogens (primary N) is 1. The fourth-order valence-electron chi connectivity index (χ4n) is 1.57. The molecule has 0 atom stereocenters. The van der Waals surface area contributed by atoms with Crippen LogP contribution < -0.4 is 5.73 Å². The van der Waals surface area contributed by atoms with E-state index in [0.29, 0.717) is 11.7 Å². The topological polar surface area (TPSA) is 77.8 Å². The van der Waals surface area contributed by atoms with Crippen molar-refractivity contribution in [1.82, 2.24) is 15.1 Å². The quantitative estimate of drug-likeness (QED) is 0.844. The van der Waals surface area contributed by atoms with Crippen LogP contribution in [0.5, 0.6) is 0 Å². The van der Waals surface area contributed by atoms with E-state index in [9.17, 15) is 0 Å². The highest BCUT2D eigenvalue weighted by Gasteiger charge is 2.24. The van der Waals surface area contributed by atoms with Crippen LogP contribution in [0.25, 0.3) is 11.5 Å². The summed E-state index contributed by atoms with van der Waals surface area (Å²) in [5, 5.41) is 3.95. The molecule has 16 heavy (non-hydrogen) atoms. The summed E-state index contributed by atoms with van der Waals surface area (Å²) < 4.78 is 5.18. The SMILES string of the molecule is Nc1ccc(-c2nc(CC3CC3)no2)cn1. The van der Waals surface area contributed by atoms with Crippen LogP contribution in [0.3, 0.4) is 0 Å². The molecule has 5 nitrogen and oxygen atoms in total. The van der Waals surface area contributed by atoms with Crippen molar-refractivity contribution in [3.8, 4) is 11.5 Å². The summed E-state index contributed by atoms with van der Waals surface area (Å²) in [7, 11) is 0.